The van der Waals surface area contributed by atoms with Gasteiger partial charge in [-0.25, -0.2) is 13.1 Å². The maximum atomic E-state index is 11.9. The summed E-state index contributed by atoms with van der Waals surface area (Å²) >= 11 is 0. The Bertz CT molecular complexity index is 343. The average Bonchev–Trinajstić information content (AvgIpc) is 2.00. The van der Waals surface area contributed by atoms with E-state index in [0.717, 1.165) is 0 Å². The first-order chi connectivity index (χ1) is 6.46. The number of sulfonamides is 1. The Kier molecular flexibility index (Phi) is 3.93. The van der Waals surface area contributed by atoms with Crippen LogP contribution in [0.5, 0.6) is 0 Å². The van der Waals surface area contributed by atoms with Crippen LogP contribution in [0.4, 0.5) is 0 Å². The van der Waals surface area contributed by atoms with E-state index in [0.29, 0.717) is 6.42 Å². The first-order valence-corrected chi connectivity index (χ1v) is 6.32. The Hall–Kier alpha value is -0.620. The summed E-state index contributed by atoms with van der Waals surface area (Å²) in [5.41, 5.74) is 4.39. The minimum Gasteiger partial charge on any atom is -0.386 e. The molecule has 0 heterocycles. The zero-order valence-electron chi connectivity index (χ0n) is 10.0. The van der Waals surface area contributed by atoms with Crippen molar-refractivity contribution >= 4 is 15.9 Å². The Morgan fingerprint density at radius 2 is 1.73 bits per heavy atom. The van der Waals surface area contributed by atoms with Gasteiger partial charge in [-0.15, -0.1) is 0 Å². The van der Waals surface area contributed by atoms with Crippen molar-refractivity contribution in [3.63, 3.8) is 0 Å². The van der Waals surface area contributed by atoms with Gasteiger partial charge in [0, 0.05) is 0 Å². The molecule has 0 aromatic rings. The monoisotopic (exact) mass is 235 g/mol. The summed E-state index contributed by atoms with van der Waals surface area (Å²) in [6.45, 7) is 8.20. The molecule has 5 nitrogen and oxygen atoms in total. The third-order valence-corrected chi connectivity index (χ3v) is 4.80. The van der Waals surface area contributed by atoms with E-state index in [1.807, 2.05) is 0 Å². The normalized spacial score (nSPS) is 17.1. The van der Waals surface area contributed by atoms with Crippen LogP contribution in [0.25, 0.3) is 0 Å². The van der Waals surface area contributed by atoms with Crippen molar-refractivity contribution in [3.05, 3.63) is 0 Å². The van der Waals surface area contributed by atoms with Gasteiger partial charge in [-0.05, 0) is 34.1 Å². The molecule has 0 spiro atoms. The van der Waals surface area contributed by atoms with Gasteiger partial charge in [0.15, 0.2) is 0 Å². The quantitative estimate of drug-likeness (QED) is 0.497. The predicted octanol–water partition coefficient (Wildman–Crippen LogP) is 0.809. The van der Waals surface area contributed by atoms with Crippen LogP contribution >= 0.6 is 0 Å². The minimum atomic E-state index is -3.48. The van der Waals surface area contributed by atoms with E-state index in [2.05, 4.69) is 4.72 Å². The molecule has 0 fully saturated rings. The lowest BCUT2D eigenvalue weighted by atomic mass is 10.00. The first kappa shape index (κ1) is 14.4. The standard InChI is InChI=1S/C9H21N3O2S/c1-6-9(5,7(10)11)12-15(13,14)8(2,3)4/h12H,6H2,1-5H3,(H3,10,11). The second-order valence-corrected chi connectivity index (χ2v) is 7.25. The molecule has 90 valence electrons. The van der Waals surface area contributed by atoms with Gasteiger partial charge in [-0.3, -0.25) is 5.41 Å². The lowest BCUT2D eigenvalue weighted by Gasteiger charge is -2.31. The van der Waals surface area contributed by atoms with Crippen molar-refractivity contribution < 1.29 is 8.42 Å². The topological polar surface area (TPSA) is 96.0 Å². The Labute approximate surface area is 92.0 Å². The Balaban J connectivity index is 5.12. The summed E-state index contributed by atoms with van der Waals surface area (Å²) in [4.78, 5) is 0. The van der Waals surface area contributed by atoms with Crippen molar-refractivity contribution in [2.45, 2.75) is 51.3 Å². The highest BCUT2D eigenvalue weighted by molar-refractivity contribution is 7.90. The lowest BCUT2D eigenvalue weighted by Crippen LogP contribution is -2.57. The molecule has 0 saturated heterocycles. The van der Waals surface area contributed by atoms with Crippen LogP contribution in [0, 0.1) is 5.41 Å². The van der Waals surface area contributed by atoms with Crippen LogP contribution in [-0.2, 0) is 10.0 Å². The summed E-state index contributed by atoms with van der Waals surface area (Å²) in [6, 6.07) is 0. The van der Waals surface area contributed by atoms with Crippen LogP contribution in [0.1, 0.15) is 41.0 Å². The summed E-state index contributed by atoms with van der Waals surface area (Å²) in [6.07, 6.45) is 0.442. The van der Waals surface area contributed by atoms with Gasteiger partial charge in [-0.2, -0.15) is 0 Å². The van der Waals surface area contributed by atoms with Gasteiger partial charge in [0.05, 0.1) is 10.3 Å². The van der Waals surface area contributed by atoms with E-state index >= 15 is 0 Å². The Morgan fingerprint density at radius 1 is 1.33 bits per heavy atom. The molecule has 0 aromatic carbocycles. The van der Waals surface area contributed by atoms with Gasteiger partial charge in [-0.1, -0.05) is 6.92 Å². The van der Waals surface area contributed by atoms with Crippen LogP contribution in [0.3, 0.4) is 0 Å². The second kappa shape index (κ2) is 4.09. The second-order valence-electron chi connectivity index (χ2n) is 4.82. The molecule has 0 aliphatic heterocycles. The number of amidine groups is 1. The lowest BCUT2D eigenvalue weighted by molar-refractivity contribution is 0.485. The number of hydrogen-bond donors (Lipinski definition) is 3. The molecule has 4 N–H and O–H groups in total. The molecule has 0 aliphatic carbocycles. The third kappa shape index (κ3) is 3.17. The highest BCUT2D eigenvalue weighted by atomic mass is 32.2. The van der Waals surface area contributed by atoms with E-state index in [1.165, 1.54) is 0 Å². The van der Waals surface area contributed by atoms with Crippen molar-refractivity contribution in [2.24, 2.45) is 5.73 Å². The molecule has 6 heteroatoms. The van der Waals surface area contributed by atoms with Gasteiger partial charge < -0.3 is 5.73 Å². The van der Waals surface area contributed by atoms with E-state index in [9.17, 15) is 8.42 Å². The van der Waals surface area contributed by atoms with Crippen LogP contribution in [0.15, 0.2) is 0 Å². The summed E-state index contributed by atoms with van der Waals surface area (Å²) in [7, 11) is -3.48. The highest BCUT2D eigenvalue weighted by Gasteiger charge is 2.37. The van der Waals surface area contributed by atoms with Crippen molar-refractivity contribution in [1.29, 1.82) is 5.41 Å². The van der Waals surface area contributed by atoms with E-state index in [4.69, 9.17) is 11.1 Å². The fourth-order valence-corrected chi connectivity index (χ4v) is 1.92. The molecule has 0 rings (SSSR count). The van der Waals surface area contributed by atoms with Gasteiger partial charge in [0.25, 0.3) is 0 Å². The predicted molar refractivity (Wildman–Crippen MR) is 62.4 cm³/mol. The zero-order chi connectivity index (χ0) is 12.5. The van der Waals surface area contributed by atoms with Gasteiger partial charge in [0.1, 0.15) is 5.84 Å². The largest absolute Gasteiger partial charge is 0.386 e. The van der Waals surface area contributed by atoms with Crippen molar-refractivity contribution in [1.82, 2.24) is 4.72 Å². The average molecular weight is 235 g/mol. The van der Waals surface area contributed by atoms with E-state index < -0.39 is 20.3 Å². The summed E-state index contributed by atoms with van der Waals surface area (Å²) < 4.78 is 25.3. The minimum absolute atomic E-state index is 0.169. The Morgan fingerprint density at radius 3 is 1.93 bits per heavy atom. The van der Waals surface area contributed by atoms with Crippen molar-refractivity contribution in [2.75, 3.05) is 0 Å². The van der Waals surface area contributed by atoms with Crippen molar-refractivity contribution in [3.8, 4) is 0 Å². The fraction of sp³-hybridized carbons (Fsp3) is 0.889. The zero-order valence-corrected chi connectivity index (χ0v) is 10.8. The summed E-state index contributed by atoms with van der Waals surface area (Å²) in [5, 5.41) is 7.38. The highest BCUT2D eigenvalue weighted by Crippen LogP contribution is 2.18. The molecule has 0 amide bonds. The molecule has 0 aromatic heterocycles. The molecule has 15 heavy (non-hydrogen) atoms. The smallest absolute Gasteiger partial charge is 0.217 e. The summed E-state index contributed by atoms with van der Waals surface area (Å²) in [5.74, 6) is -0.169. The number of nitrogens with one attached hydrogen (secondary N) is 2. The molecule has 1 atom stereocenters. The molecule has 0 radical (unpaired) electrons. The number of hydrogen-bond acceptors (Lipinski definition) is 3. The molecule has 1 unspecified atom stereocenters. The number of rotatable bonds is 4. The van der Waals surface area contributed by atoms with Crippen LogP contribution < -0.4 is 10.5 Å². The molecule has 0 aliphatic rings. The molecular weight excluding hydrogens is 214 g/mol. The fourth-order valence-electron chi connectivity index (χ4n) is 0.767. The number of nitrogens with two attached hydrogens (primary N) is 1. The molecular formula is C9H21N3O2S. The first-order valence-electron chi connectivity index (χ1n) is 4.84. The third-order valence-electron chi connectivity index (χ3n) is 2.47. The maximum absolute atomic E-state index is 11.9. The molecule has 0 bridgehead atoms. The van der Waals surface area contributed by atoms with Crippen LogP contribution in [0.2, 0.25) is 0 Å². The molecule has 0 saturated carbocycles. The maximum Gasteiger partial charge on any atom is 0.217 e. The SMILES string of the molecule is CCC(C)(NS(=O)(=O)C(C)(C)C)C(=N)N. The van der Waals surface area contributed by atoms with Gasteiger partial charge >= 0.3 is 0 Å². The van der Waals surface area contributed by atoms with E-state index in [-0.39, 0.29) is 5.84 Å². The van der Waals surface area contributed by atoms with Crippen LogP contribution in [-0.4, -0.2) is 24.5 Å². The van der Waals surface area contributed by atoms with E-state index in [1.54, 1.807) is 34.6 Å². The van der Waals surface area contributed by atoms with Gasteiger partial charge in [0.2, 0.25) is 10.0 Å².